The Morgan fingerprint density at radius 2 is 1.79 bits per heavy atom. The number of aliphatic imine (C=N–C) groups is 1. The van der Waals surface area contributed by atoms with Gasteiger partial charge in [0.05, 0.1) is 18.0 Å². The second-order valence-corrected chi connectivity index (χ2v) is 8.46. The molecule has 0 atom stereocenters. The maximum absolute atomic E-state index is 12.9. The molecule has 156 valence electrons. The number of nitrogens with zero attached hydrogens (tertiary/aromatic N) is 1. The van der Waals surface area contributed by atoms with E-state index in [0.717, 1.165) is 5.56 Å². The van der Waals surface area contributed by atoms with Gasteiger partial charge in [-0.1, -0.05) is 12.1 Å². The van der Waals surface area contributed by atoms with E-state index in [-0.39, 0.29) is 18.3 Å². The van der Waals surface area contributed by atoms with Gasteiger partial charge >= 0.3 is 0 Å². The van der Waals surface area contributed by atoms with Gasteiger partial charge in [0, 0.05) is 18.5 Å². The molecule has 0 saturated carbocycles. The Kier molecular flexibility index (Phi) is 7.72. The van der Waals surface area contributed by atoms with Gasteiger partial charge in [0.25, 0.3) is 0 Å². The van der Waals surface area contributed by atoms with Crippen LogP contribution in [-0.4, -0.2) is 39.6 Å². The summed E-state index contributed by atoms with van der Waals surface area (Å²) in [5, 5.41) is 8.63. The fourth-order valence-corrected chi connectivity index (χ4v) is 3.60. The number of halogens is 1. The number of carbonyl (C=O) groups is 1. The van der Waals surface area contributed by atoms with Gasteiger partial charge < -0.3 is 16.0 Å². The zero-order valence-corrected chi connectivity index (χ0v) is 17.4. The molecular weight excluding hydrogens is 395 g/mol. The van der Waals surface area contributed by atoms with E-state index in [2.05, 4.69) is 20.9 Å². The highest BCUT2D eigenvalue weighted by Crippen LogP contribution is 2.17. The van der Waals surface area contributed by atoms with Gasteiger partial charge in [-0.25, -0.2) is 17.8 Å². The van der Waals surface area contributed by atoms with Crippen LogP contribution < -0.4 is 16.0 Å². The minimum absolute atomic E-state index is 0.0186. The molecule has 0 unspecified atom stereocenters. The Hall–Kier alpha value is -2.94. The van der Waals surface area contributed by atoms with Crippen LogP contribution in [-0.2, 0) is 21.2 Å². The molecule has 0 aromatic heterocycles. The first-order valence-electron chi connectivity index (χ1n) is 9.06. The second kappa shape index (κ2) is 10.0. The number of hydrogen-bond acceptors (Lipinski definition) is 4. The van der Waals surface area contributed by atoms with E-state index < -0.39 is 9.84 Å². The average molecular weight is 421 g/mol. The molecule has 2 aromatic carbocycles. The number of guanidine groups is 1. The minimum atomic E-state index is -3.26. The van der Waals surface area contributed by atoms with Crippen molar-refractivity contribution in [1.29, 1.82) is 0 Å². The standard InChI is InChI=1S/C20H25FN4O3S/c1-4-22-20(24-13-19(26)25-17-8-6-16(21)7-9-17)23-12-15-5-10-18(14(2)11-15)29(3,27)28/h5-11H,4,12-13H2,1-3H3,(H,25,26)(H2,22,23,24). The van der Waals surface area contributed by atoms with Crippen molar-refractivity contribution in [3.05, 3.63) is 59.4 Å². The molecule has 1 amide bonds. The third-order valence-corrected chi connectivity index (χ3v) is 5.20. The number of rotatable bonds is 7. The molecular formula is C20H25FN4O3S. The van der Waals surface area contributed by atoms with Gasteiger partial charge in [-0.2, -0.15) is 0 Å². The van der Waals surface area contributed by atoms with Crippen LogP contribution in [0.2, 0.25) is 0 Å². The largest absolute Gasteiger partial charge is 0.357 e. The summed E-state index contributed by atoms with van der Waals surface area (Å²) in [4.78, 5) is 16.8. The normalized spacial score (nSPS) is 11.8. The molecule has 7 nitrogen and oxygen atoms in total. The molecule has 0 aliphatic heterocycles. The highest BCUT2D eigenvalue weighted by atomic mass is 32.2. The lowest BCUT2D eigenvalue weighted by Gasteiger charge is -2.12. The quantitative estimate of drug-likeness (QED) is 0.471. The lowest BCUT2D eigenvalue weighted by Crippen LogP contribution is -2.41. The number of amides is 1. The van der Waals surface area contributed by atoms with Crippen molar-refractivity contribution in [1.82, 2.24) is 10.6 Å². The zero-order valence-electron chi connectivity index (χ0n) is 16.6. The molecule has 29 heavy (non-hydrogen) atoms. The summed E-state index contributed by atoms with van der Waals surface area (Å²) < 4.78 is 36.3. The molecule has 2 rings (SSSR count). The summed E-state index contributed by atoms with van der Waals surface area (Å²) in [6.07, 6.45) is 1.18. The van der Waals surface area contributed by atoms with Crippen molar-refractivity contribution in [2.75, 3.05) is 24.7 Å². The molecule has 0 saturated heterocycles. The van der Waals surface area contributed by atoms with Crippen LogP contribution in [0, 0.1) is 12.7 Å². The highest BCUT2D eigenvalue weighted by Gasteiger charge is 2.11. The first kappa shape index (κ1) is 22.4. The van der Waals surface area contributed by atoms with E-state index in [1.165, 1.54) is 30.5 Å². The number of benzene rings is 2. The first-order chi connectivity index (χ1) is 13.7. The minimum Gasteiger partial charge on any atom is -0.357 e. The van der Waals surface area contributed by atoms with Crippen molar-refractivity contribution in [3.63, 3.8) is 0 Å². The van der Waals surface area contributed by atoms with Gasteiger partial charge in [0.1, 0.15) is 5.82 Å². The summed E-state index contributed by atoms with van der Waals surface area (Å²) in [6, 6.07) is 10.6. The van der Waals surface area contributed by atoms with Gasteiger partial charge in [-0.15, -0.1) is 0 Å². The third kappa shape index (κ3) is 7.19. The van der Waals surface area contributed by atoms with Crippen LogP contribution in [0.4, 0.5) is 10.1 Å². The monoisotopic (exact) mass is 420 g/mol. The van der Waals surface area contributed by atoms with Crippen molar-refractivity contribution >= 4 is 27.4 Å². The number of carbonyl (C=O) groups excluding carboxylic acids is 1. The van der Waals surface area contributed by atoms with Crippen molar-refractivity contribution in [3.8, 4) is 0 Å². The molecule has 0 spiro atoms. The van der Waals surface area contributed by atoms with Crippen molar-refractivity contribution in [2.24, 2.45) is 4.99 Å². The van der Waals surface area contributed by atoms with Crippen LogP contribution >= 0.6 is 0 Å². The lowest BCUT2D eigenvalue weighted by molar-refractivity contribution is -0.115. The van der Waals surface area contributed by atoms with E-state index >= 15 is 0 Å². The maximum atomic E-state index is 12.9. The number of sulfone groups is 1. The number of anilines is 1. The fourth-order valence-electron chi connectivity index (χ4n) is 2.64. The average Bonchev–Trinajstić information content (AvgIpc) is 2.65. The number of hydrogen-bond donors (Lipinski definition) is 3. The first-order valence-corrected chi connectivity index (χ1v) is 11.0. The van der Waals surface area contributed by atoms with E-state index in [4.69, 9.17) is 0 Å². The third-order valence-electron chi connectivity index (χ3n) is 3.95. The Balaban J connectivity index is 1.98. The SMILES string of the molecule is CCNC(=NCc1ccc(S(C)(=O)=O)c(C)c1)NCC(=O)Nc1ccc(F)cc1. The molecule has 0 bridgehead atoms. The second-order valence-electron chi connectivity index (χ2n) is 6.48. The predicted octanol–water partition coefficient (Wildman–Crippen LogP) is 2.23. The van der Waals surface area contributed by atoms with Crippen LogP contribution in [0.25, 0.3) is 0 Å². The Labute approximate surface area is 170 Å². The summed E-state index contributed by atoms with van der Waals surface area (Å²) in [5.74, 6) is -0.218. The van der Waals surface area contributed by atoms with Crippen LogP contribution in [0.5, 0.6) is 0 Å². The molecule has 0 fully saturated rings. The summed E-state index contributed by atoms with van der Waals surface area (Å²) >= 11 is 0. The van der Waals surface area contributed by atoms with E-state index in [1.54, 1.807) is 25.1 Å². The molecule has 0 heterocycles. The predicted molar refractivity (Wildman–Crippen MR) is 112 cm³/mol. The Morgan fingerprint density at radius 3 is 2.38 bits per heavy atom. The van der Waals surface area contributed by atoms with Crippen LogP contribution in [0.3, 0.4) is 0 Å². The van der Waals surface area contributed by atoms with E-state index in [0.29, 0.717) is 35.2 Å². The maximum Gasteiger partial charge on any atom is 0.243 e. The molecule has 9 heteroatoms. The van der Waals surface area contributed by atoms with Crippen LogP contribution in [0.15, 0.2) is 52.4 Å². The molecule has 0 aliphatic carbocycles. The molecule has 2 aromatic rings. The van der Waals surface area contributed by atoms with Gasteiger partial charge in [-0.05, 0) is 55.3 Å². The van der Waals surface area contributed by atoms with Gasteiger partial charge in [0.2, 0.25) is 5.91 Å². The number of aryl methyl sites for hydroxylation is 1. The smallest absolute Gasteiger partial charge is 0.243 e. The fraction of sp³-hybridized carbons (Fsp3) is 0.300. The lowest BCUT2D eigenvalue weighted by atomic mass is 10.1. The van der Waals surface area contributed by atoms with Gasteiger partial charge in [-0.3, -0.25) is 4.79 Å². The zero-order chi connectivity index (χ0) is 21.4. The van der Waals surface area contributed by atoms with E-state index in [1.807, 2.05) is 6.92 Å². The van der Waals surface area contributed by atoms with E-state index in [9.17, 15) is 17.6 Å². The molecule has 0 radical (unpaired) electrons. The van der Waals surface area contributed by atoms with Crippen molar-refractivity contribution in [2.45, 2.75) is 25.3 Å². The van der Waals surface area contributed by atoms with Gasteiger partial charge in [0.15, 0.2) is 15.8 Å². The summed E-state index contributed by atoms with van der Waals surface area (Å²) in [5.41, 5.74) is 2.02. The number of nitrogens with one attached hydrogen (secondary N) is 3. The summed E-state index contributed by atoms with van der Waals surface area (Å²) in [6.45, 7) is 4.56. The topological polar surface area (TPSA) is 99.7 Å². The van der Waals surface area contributed by atoms with Crippen LogP contribution in [0.1, 0.15) is 18.1 Å². The summed E-state index contributed by atoms with van der Waals surface area (Å²) in [7, 11) is -3.26. The van der Waals surface area contributed by atoms with Crippen molar-refractivity contribution < 1.29 is 17.6 Å². The Morgan fingerprint density at radius 1 is 1.10 bits per heavy atom. The molecule has 3 N–H and O–H groups in total. The Bertz CT molecular complexity index is 989. The highest BCUT2D eigenvalue weighted by molar-refractivity contribution is 7.90. The molecule has 0 aliphatic rings.